The first kappa shape index (κ1) is 17.1. The Bertz CT molecular complexity index is 512. The van der Waals surface area contributed by atoms with Crippen LogP contribution in [0.1, 0.15) is 25.1 Å². The summed E-state index contributed by atoms with van der Waals surface area (Å²) in [6.45, 7) is 9.02. The molecule has 1 aromatic rings. The molecule has 0 fully saturated rings. The second kappa shape index (κ2) is 7.72. The minimum Gasteiger partial charge on any atom is -0.313 e. The Hall–Kier alpha value is -0.960. The molecule has 0 spiro atoms. The predicted octanol–water partition coefficient (Wildman–Crippen LogP) is 0.0576. The summed E-state index contributed by atoms with van der Waals surface area (Å²) in [4.78, 5) is 2.04. The van der Waals surface area contributed by atoms with Crippen molar-refractivity contribution in [1.29, 1.82) is 0 Å². The molecule has 3 N–H and O–H groups in total. The third kappa shape index (κ3) is 4.55. The van der Waals surface area contributed by atoms with Crippen LogP contribution in [-0.2, 0) is 16.6 Å². The molecule has 1 aromatic heterocycles. The first-order chi connectivity index (χ1) is 9.42. The van der Waals surface area contributed by atoms with E-state index in [1.54, 1.807) is 0 Å². The molecular weight excluding hydrogens is 278 g/mol. The van der Waals surface area contributed by atoms with Crippen LogP contribution in [0, 0.1) is 6.92 Å². The Labute approximate surface area is 121 Å². The van der Waals surface area contributed by atoms with Gasteiger partial charge in [0.05, 0.1) is 0 Å². The van der Waals surface area contributed by atoms with Crippen molar-refractivity contribution in [1.82, 2.24) is 25.1 Å². The van der Waals surface area contributed by atoms with Crippen molar-refractivity contribution in [3.8, 4) is 0 Å². The van der Waals surface area contributed by atoms with Crippen LogP contribution in [0.5, 0.6) is 0 Å². The molecule has 0 aromatic carbocycles. The van der Waals surface area contributed by atoms with Gasteiger partial charge in [0, 0.05) is 30.9 Å². The number of aromatic amines is 1. The minimum absolute atomic E-state index is 0.0927. The average molecular weight is 303 g/mol. The van der Waals surface area contributed by atoms with Gasteiger partial charge in [-0.05, 0) is 27.1 Å². The molecule has 0 aliphatic rings. The Morgan fingerprint density at radius 1 is 1.35 bits per heavy atom. The van der Waals surface area contributed by atoms with E-state index in [9.17, 15) is 8.42 Å². The molecule has 8 heteroatoms. The quantitative estimate of drug-likeness (QED) is 0.600. The van der Waals surface area contributed by atoms with E-state index in [1.165, 1.54) is 0 Å². The van der Waals surface area contributed by atoms with Crippen molar-refractivity contribution in [2.75, 3.05) is 33.2 Å². The van der Waals surface area contributed by atoms with Gasteiger partial charge in [0.1, 0.15) is 0 Å². The van der Waals surface area contributed by atoms with Crippen LogP contribution < -0.4 is 10.0 Å². The second-order valence-corrected chi connectivity index (χ2v) is 6.39. The Morgan fingerprint density at radius 3 is 2.65 bits per heavy atom. The summed E-state index contributed by atoms with van der Waals surface area (Å²) >= 11 is 0. The number of rotatable bonds is 9. The molecule has 1 rings (SSSR count). The summed E-state index contributed by atoms with van der Waals surface area (Å²) in [6.07, 6.45) is 0. The molecule has 0 amide bonds. The summed E-state index contributed by atoms with van der Waals surface area (Å²) in [7, 11) is -1.62. The van der Waals surface area contributed by atoms with Gasteiger partial charge in [-0.15, -0.1) is 0 Å². The van der Waals surface area contributed by atoms with Crippen LogP contribution in [0.25, 0.3) is 0 Å². The van der Waals surface area contributed by atoms with Crippen molar-refractivity contribution in [2.24, 2.45) is 0 Å². The average Bonchev–Trinajstić information content (AvgIpc) is 2.78. The SMILES string of the molecule is CCNCc1c(S(=O)(=O)NCCN(C)CC)n[nH]c1C. The van der Waals surface area contributed by atoms with Crippen molar-refractivity contribution in [3.05, 3.63) is 11.3 Å². The number of nitrogens with zero attached hydrogens (tertiary/aromatic N) is 2. The summed E-state index contributed by atoms with van der Waals surface area (Å²) in [5, 5.41) is 9.89. The van der Waals surface area contributed by atoms with Gasteiger partial charge in [-0.2, -0.15) is 5.10 Å². The van der Waals surface area contributed by atoms with Gasteiger partial charge in [-0.1, -0.05) is 13.8 Å². The van der Waals surface area contributed by atoms with Crippen LogP contribution in [0.15, 0.2) is 5.03 Å². The Morgan fingerprint density at radius 2 is 2.05 bits per heavy atom. The number of likely N-dealkylation sites (N-methyl/N-ethyl adjacent to an activating group) is 1. The normalized spacial score (nSPS) is 12.2. The molecule has 0 saturated carbocycles. The molecule has 7 nitrogen and oxygen atoms in total. The van der Waals surface area contributed by atoms with E-state index in [-0.39, 0.29) is 5.03 Å². The maximum absolute atomic E-state index is 12.3. The van der Waals surface area contributed by atoms with Crippen molar-refractivity contribution < 1.29 is 8.42 Å². The van der Waals surface area contributed by atoms with E-state index in [1.807, 2.05) is 32.7 Å². The lowest BCUT2D eigenvalue weighted by Crippen LogP contribution is -2.33. The fraction of sp³-hybridized carbons (Fsp3) is 0.750. The van der Waals surface area contributed by atoms with Crippen molar-refractivity contribution >= 4 is 10.0 Å². The van der Waals surface area contributed by atoms with Gasteiger partial charge in [0.15, 0.2) is 5.03 Å². The van der Waals surface area contributed by atoms with E-state index in [0.717, 1.165) is 18.8 Å². The number of hydrogen-bond donors (Lipinski definition) is 3. The third-order valence-electron chi connectivity index (χ3n) is 3.17. The molecule has 1 heterocycles. The highest BCUT2D eigenvalue weighted by Crippen LogP contribution is 2.15. The predicted molar refractivity (Wildman–Crippen MR) is 79.1 cm³/mol. The summed E-state index contributed by atoms with van der Waals surface area (Å²) < 4.78 is 27.1. The van der Waals surface area contributed by atoms with Gasteiger partial charge in [0.2, 0.25) is 0 Å². The van der Waals surface area contributed by atoms with Gasteiger partial charge in [-0.3, -0.25) is 5.10 Å². The van der Waals surface area contributed by atoms with Crippen molar-refractivity contribution in [2.45, 2.75) is 32.3 Å². The van der Waals surface area contributed by atoms with Crippen LogP contribution in [0.2, 0.25) is 0 Å². The monoisotopic (exact) mass is 303 g/mol. The van der Waals surface area contributed by atoms with E-state index >= 15 is 0 Å². The summed E-state index contributed by atoms with van der Waals surface area (Å²) in [5.41, 5.74) is 1.47. The highest BCUT2D eigenvalue weighted by atomic mass is 32.2. The lowest BCUT2D eigenvalue weighted by atomic mass is 10.2. The van der Waals surface area contributed by atoms with Crippen LogP contribution in [0.3, 0.4) is 0 Å². The molecule has 0 atom stereocenters. The van der Waals surface area contributed by atoms with Crippen LogP contribution >= 0.6 is 0 Å². The lowest BCUT2D eigenvalue weighted by molar-refractivity contribution is 0.358. The number of nitrogens with one attached hydrogen (secondary N) is 3. The number of aryl methyl sites for hydroxylation is 1. The lowest BCUT2D eigenvalue weighted by Gasteiger charge is -2.14. The largest absolute Gasteiger partial charge is 0.313 e. The Balaban J connectivity index is 2.76. The fourth-order valence-corrected chi connectivity index (χ4v) is 2.92. The number of hydrogen-bond acceptors (Lipinski definition) is 5. The minimum atomic E-state index is -3.56. The van der Waals surface area contributed by atoms with E-state index in [0.29, 0.717) is 25.2 Å². The summed E-state index contributed by atoms with van der Waals surface area (Å²) in [5.74, 6) is 0. The van der Waals surface area contributed by atoms with Crippen LogP contribution in [-0.4, -0.2) is 56.7 Å². The highest BCUT2D eigenvalue weighted by molar-refractivity contribution is 7.89. The molecule has 0 aliphatic heterocycles. The molecule has 116 valence electrons. The first-order valence-electron chi connectivity index (χ1n) is 6.85. The topological polar surface area (TPSA) is 90.1 Å². The first-order valence-corrected chi connectivity index (χ1v) is 8.33. The third-order valence-corrected chi connectivity index (χ3v) is 4.60. The highest BCUT2D eigenvalue weighted by Gasteiger charge is 2.23. The molecular formula is C12H25N5O2S. The zero-order chi connectivity index (χ0) is 15.2. The van der Waals surface area contributed by atoms with Crippen molar-refractivity contribution in [3.63, 3.8) is 0 Å². The van der Waals surface area contributed by atoms with Gasteiger partial charge in [-0.25, -0.2) is 13.1 Å². The van der Waals surface area contributed by atoms with E-state index < -0.39 is 10.0 Å². The number of sulfonamides is 1. The maximum Gasteiger partial charge on any atom is 0.260 e. The zero-order valence-electron chi connectivity index (χ0n) is 12.7. The molecule has 0 unspecified atom stereocenters. The molecule has 20 heavy (non-hydrogen) atoms. The van der Waals surface area contributed by atoms with Gasteiger partial charge < -0.3 is 10.2 Å². The molecule has 0 aliphatic carbocycles. The fourth-order valence-electron chi connectivity index (χ4n) is 1.71. The molecule has 0 radical (unpaired) electrons. The van der Waals surface area contributed by atoms with Crippen LogP contribution in [0.4, 0.5) is 0 Å². The van der Waals surface area contributed by atoms with E-state index in [2.05, 4.69) is 20.2 Å². The standard InChI is InChI=1S/C12H25N5O2S/c1-5-13-9-11-10(3)15-16-12(11)20(18,19)14-7-8-17(4)6-2/h13-14H,5-9H2,1-4H3,(H,15,16). The Kier molecular flexibility index (Phi) is 6.60. The molecule has 0 saturated heterocycles. The van der Waals surface area contributed by atoms with Gasteiger partial charge in [0.25, 0.3) is 10.0 Å². The zero-order valence-corrected chi connectivity index (χ0v) is 13.5. The maximum atomic E-state index is 12.3. The number of H-pyrrole nitrogens is 1. The second-order valence-electron chi connectivity index (χ2n) is 4.71. The smallest absolute Gasteiger partial charge is 0.260 e. The summed E-state index contributed by atoms with van der Waals surface area (Å²) in [6, 6.07) is 0. The molecule has 0 bridgehead atoms. The van der Waals surface area contributed by atoms with E-state index in [4.69, 9.17) is 0 Å². The van der Waals surface area contributed by atoms with Gasteiger partial charge >= 0.3 is 0 Å². The number of aromatic nitrogens is 2.